The molecule has 2 aromatic rings. The standard InChI is InChI=1S/C17H16F2N2O2/c1-10-6-7-11(20-16(22)13-9-17(13,18)19)8-12(10)14-4-3-5-15(21-14)23-2/h3-8,13H,9H2,1-2H3,(H,20,22)/t13-/m0/s1. The molecule has 0 spiro atoms. The van der Waals surface area contributed by atoms with Crippen LogP contribution in [0.4, 0.5) is 14.5 Å². The molecule has 1 aromatic carbocycles. The predicted molar refractivity (Wildman–Crippen MR) is 82.6 cm³/mol. The molecule has 1 saturated carbocycles. The molecule has 1 aliphatic carbocycles. The second kappa shape index (κ2) is 5.61. The van der Waals surface area contributed by atoms with E-state index in [1.54, 1.807) is 18.2 Å². The number of amides is 1. The van der Waals surface area contributed by atoms with Gasteiger partial charge in [0.1, 0.15) is 5.92 Å². The number of aromatic nitrogens is 1. The highest BCUT2D eigenvalue weighted by Gasteiger charge is 2.61. The van der Waals surface area contributed by atoms with Crippen LogP contribution in [0.3, 0.4) is 0 Å². The van der Waals surface area contributed by atoms with Crippen molar-refractivity contribution in [3.8, 4) is 17.1 Å². The number of alkyl halides is 2. The summed E-state index contributed by atoms with van der Waals surface area (Å²) in [5.41, 5.74) is 2.93. The number of ether oxygens (including phenoxy) is 1. The minimum absolute atomic E-state index is 0.380. The van der Waals surface area contributed by atoms with Gasteiger partial charge in [0.15, 0.2) is 0 Å². The van der Waals surface area contributed by atoms with Gasteiger partial charge in [-0.1, -0.05) is 12.1 Å². The zero-order valence-electron chi connectivity index (χ0n) is 12.8. The minimum Gasteiger partial charge on any atom is -0.481 e. The molecule has 0 bridgehead atoms. The highest BCUT2D eigenvalue weighted by molar-refractivity contribution is 5.95. The van der Waals surface area contributed by atoms with E-state index in [1.165, 1.54) is 7.11 Å². The van der Waals surface area contributed by atoms with Crippen LogP contribution in [0.1, 0.15) is 12.0 Å². The topological polar surface area (TPSA) is 51.2 Å². The number of nitrogens with zero attached hydrogens (tertiary/aromatic N) is 1. The lowest BCUT2D eigenvalue weighted by atomic mass is 10.0. The molecular formula is C17H16F2N2O2. The van der Waals surface area contributed by atoms with Gasteiger partial charge in [0.25, 0.3) is 5.92 Å². The smallest absolute Gasteiger partial charge is 0.260 e. The first-order valence-electron chi connectivity index (χ1n) is 7.21. The molecule has 0 aliphatic heterocycles. The molecule has 3 rings (SSSR count). The molecule has 1 atom stereocenters. The quantitative estimate of drug-likeness (QED) is 0.936. The van der Waals surface area contributed by atoms with Crippen molar-refractivity contribution in [3.05, 3.63) is 42.0 Å². The molecular weight excluding hydrogens is 302 g/mol. The zero-order valence-corrected chi connectivity index (χ0v) is 12.8. The second-order valence-electron chi connectivity index (χ2n) is 5.60. The van der Waals surface area contributed by atoms with Gasteiger partial charge in [-0.05, 0) is 30.7 Å². The van der Waals surface area contributed by atoms with Crippen LogP contribution >= 0.6 is 0 Å². The molecule has 120 valence electrons. The molecule has 0 radical (unpaired) electrons. The largest absolute Gasteiger partial charge is 0.481 e. The monoisotopic (exact) mass is 318 g/mol. The maximum Gasteiger partial charge on any atom is 0.260 e. The Hall–Kier alpha value is -2.50. The third-order valence-corrected chi connectivity index (χ3v) is 3.86. The van der Waals surface area contributed by atoms with Gasteiger partial charge in [0.2, 0.25) is 11.8 Å². The summed E-state index contributed by atoms with van der Waals surface area (Å²) in [6.07, 6.45) is -0.380. The van der Waals surface area contributed by atoms with Gasteiger partial charge in [-0.2, -0.15) is 0 Å². The van der Waals surface area contributed by atoms with Gasteiger partial charge in [-0.25, -0.2) is 13.8 Å². The van der Waals surface area contributed by atoms with E-state index in [1.807, 2.05) is 25.1 Å². The van der Waals surface area contributed by atoms with E-state index in [0.717, 1.165) is 11.1 Å². The van der Waals surface area contributed by atoms with Gasteiger partial charge in [0, 0.05) is 23.7 Å². The number of carbonyl (C=O) groups excluding carboxylic acids is 1. The van der Waals surface area contributed by atoms with Crippen molar-refractivity contribution < 1.29 is 18.3 Å². The Morgan fingerprint density at radius 1 is 1.35 bits per heavy atom. The van der Waals surface area contributed by atoms with Crippen molar-refractivity contribution in [2.45, 2.75) is 19.3 Å². The number of hydrogen-bond acceptors (Lipinski definition) is 3. The van der Waals surface area contributed by atoms with E-state index in [9.17, 15) is 13.6 Å². The van der Waals surface area contributed by atoms with Crippen molar-refractivity contribution in [1.82, 2.24) is 4.98 Å². The van der Waals surface area contributed by atoms with E-state index in [2.05, 4.69) is 10.3 Å². The molecule has 23 heavy (non-hydrogen) atoms. The fourth-order valence-electron chi connectivity index (χ4n) is 2.38. The van der Waals surface area contributed by atoms with Crippen LogP contribution in [-0.4, -0.2) is 23.9 Å². The first-order valence-corrected chi connectivity index (χ1v) is 7.21. The summed E-state index contributed by atoms with van der Waals surface area (Å²) in [7, 11) is 1.53. The fourth-order valence-corrected chi connectivity index (χ4v) is 2.38. The Kier molecular flexibility index (Phi) is 3.75. The lowest BCUT2D eigenvalue weighted by Gasteiger charge is -2.10. The van der Waals surface area contributed by atoms with E-state index in [4.69, 9.17) is 4.74 Å². The van der Waals surface area contributed by atoms with Gasteiger partial charge >= 0.3 is 0 Å². The summed E-state index contributed by atoms with van der Waals surface area (Å²) in [5.74, 6) is -4.26. The number of rotatable bonds is 4. The van der Waals surface area contributed by atoms with Gasteiger partial charge in [-0.3, -0.25) is 4.79 Å². The molecule has 1 fully saturated rings. The highest BCUT2D eigenvalue weighted by atomic mass is 19.3. The first-order chi connectivity index (χ1) is 10.9. The van der Waals surface area contributed by atoms with Gasteiger partial charge in [0.05, 0.1) is 12.8 Å². The van der Waals surface area contributed by atoms with Crippen LogP contribution < -0.4 is 10.1 Å². The summed E-state index contributed by atoms with van der Waals surface area (Å²) in [5, 5.41) is 2.55. The van der Waals surface area contributed by atoms with E-state index < -0.39 is 17.7 Å². The molecule has 1 amide bonds. The fraction of sp³-hybridized carbons (Fsp3) is 0.294. The van der Waals surface area contributed by atoms with Crippen molar-refractivity contribution in [2.24, 2.45) is 5.92 Å². The number of nitrogens with one attached hydrogen (secondary N) is 1. The predicted octanol–water partition coefficient (Wildman–Crippen LogP) is 3.66. The zero-order chi connectivity index (χ0) is 16.6. The van der Waals surface area contributed by atoms with Crippen LogP contribution in [0.2, 0.25) is 0 Å². The Balaban J connectivity index is 1.86. The molecule has 0 unspecified atom stereocenters. The molecule has 1 aliphatic rings. The number of carbonyl (C=O) groups is 1. The Bertz CT molecular complexity index is 762. The number of hydrogen-bond donors (Lipinski definition) is 1. The maximum absolute atomic E-state index is 13.0. The average molecular weight is 318 g/mol. The van der Waals surface area contributed by atoms with E-state index in [-0.39, 0.29) is 6.42 Å². The van der Waals surface area contributed by atoms with Gasteiger partial charge in [-0.15, -0.1) is 0 Å². The normalized spacial score (nSPS) is 18.3. The number of methoxy groups -OCH3 is 1. The number of anilines is 1. The summed E-state index contributed by atoms with van der Waals surface area (Å²) < 4.78 is 31.0. The molecule has 1 N–H and O–H groups in total. The number of halogens is 2. The van der Waals surface area contributed by atoms with Crippen LogP contribution in [0.15, 0.2) is 36.4 Å². The molecule has 6 heteroatoms. The van der Waals surface area contributed by atoms with Crippen LogP contribution in [-0.2, 0) is 4.79 Å². The first kappa shape index (κ1) is 15.4. The van der Waals surface area contributed by atoms with Crippen molar-refractivity contribution >= 4 is 11.6 Å². The van der Waals surface area contributed by atoms with Crippen molar-refractivity contribution in [3.63, 3.8) is 0 Å². The Morgan fingerprint density at radius 2 is 2.09 bits per heavy atom. The number of aryl methyl sites for hydroxylation is 1. The summed E-state index contributed by atoms with van der Waals surface area (Å²) in [4.78, 5) is 16.2. The third-order valence-electron chi connectivity index (χ3n) is 3.86. The lowest BCUT2D eigenvalue weighted by Crippen LogP contribution is -2.17. The van der Waals surface area contributed by atoms with Crippen LogP contribution in [0.25, 0.3) is 11.3 Å². The Morgan fingerprint density at radius 3 is 2.74 bits per heavy atom. The SMILES string of the molecule is COc1cccc(-c2cc(NC(=O)[C@@H]3CC3(F)F)ccc2C)n1. The summed E-state index contributed by atoms with van der Waals surface area (Å²) in [6.45, 7) is 1.91. The summed E-state index contributed by atoms with van der Waals surface area (Å²) in [6, 6.07) is 10.6. The average Bonchev–Trinajstić information content (AvgIpc) is 3.18. The minimum atomic E-state index is -2.87. The number of benzene rings is 1. The second-order valence-corrected chi connectivity index (χ2v) is 5.60. The summed E-state index contributed by atoms with van der Waals surface area (Å²) >= 11 is 0. The maximum atomic E-state index is 13.0. The lowest BCUT2D eigenvalue weighted by molar-refractivity contribution is -0.119. The number of pyridine rings is 1. The molecule has 4 nitrogen and oxygen atoms in total. The molecule has 1 aromatic heterocycles. The van der Waals surface area contributed by atoms with Gasteiger partial charge < -0.3 is 10.1 Å². The molecule has 0 saturated heterocycles. The van der Waals surface area contributed by atoms with E-state index >= 15 is 0 Å². The molecule has 1 heterocycles. The third kappa shape index (κ3) is 3.16. The van der Waals surface area contributed by atoms with Crippen molar-refractivity contribution in [1.29, 1.82) is 0 Å². The van der Waals surface area contributed by atoms with Crippen LogP contribution in [0, 0.1) is 12.8 Å². The van der Waals surface area contributed by atoms with Crippen LogP contribution in [0.5, 0.6) is 5.88 Å². The van der Waals surface area contributed by atoms with Crippen molar-refractivity contribution in [2.75, 3.05) is 12.4 Å². The Labute approximate surface area is 132 Å². The highest BCUT2D eigenvalue weighted by Crippen LogP contribution is 2.49. The van der Waals surface area contributed by atoms with E-state index in [0.29, 0.717) is 17.3 Å².